The van der Waals surface area contributed by atoms with Crippen LogP contribution in [0.15, 0.2) is 47.2 Å². The highest BCUT2D eigenvalue weighted by molar-refractivity contribution is 7.08. The number of thiophene rings is 1. The highest BCUT2D eigenvalue weighted by atomic mass is 32.1. The van der Waals surface area contributed by atoms with Crippen LogP contribution in [0, 0.1) is 5.82 Å². The molecule has 0 bridgehead atoms. The van der Waals surface area contributed by atoms with Crippen LogP contribution in [0.3, 0.4) is 0 Å². The maximum absolute atomic E-state index is 13.3. The Bertz CT molecular complexity index is 989. The maximum Gasteiger partial charge on any atom is 0.252 e. The van der Waals surface area contributed by atoms with Gasteiger partial charge in [0.2, 0.25) is 5.91 Å². The topological polar surface area (TPSA) is 76.0 Å². The molecule has 0 radical (unpaired) electrons. The van der Waals surface area contributed by atoms with Crippen LogP contribution < -0.4 is 10.6 Å². The number of hydrogen-bond acceptors (Lipinski definition) is 4. The summed E-state index contributed by atoms with van der Waals surface area (Å²) in [6, 6.07) is 9.44. The van der Waals surface area contributed by atoms with Crippen LogP contribution in [0.5, 0.6) is 0 Å². The molecule has 2 aromatic heterocycles. The fourth-order valence-corrected chi connectivity index (χ4v) is 3.24. The summed E-state index contributed by atoms with van der Waals surface area (Å²) in [6.45, 7) is 6.29. The number of amides is 2. The SMILES string of the molecule is CC(C)(C)c1cc(NC(=O)CCNC(=O)c2ccsc2)n(-c2ccc(F)cc2)n1. The number of hydrogen-bond donors (Lipinski definition) is 2. The summed E-state index contributed by atoms with van der Waals surface area (Å²) in [5.41, 5.74) is 1.80. The molecule has 0 fully saturated rings. The zero-order chi connectivity index (χ0) is 21.0. The molecule has 152 valence electrons. The van der Waals surface area contributed by atoms with E-state index in [4.69, 9.17) is 0 Å². The third-order valence-corrected chi connectivity index (χ3v) is 4.92. The average Bonchev–Trinajstić information content (AvgIpc) is 3.32. The second kappa shape index (κ2) is 8.57. The molecule has 1 aromatic carbocycles. The van der Waals surface area contributed by atoms with E-state index in [9.17, 15) is 14.0 Å². The Morgan fingerprint density at radius 2 is 1.90 bits per heavy atom. The predicted octanol–water partition coefficient (Wildman–Crippen LogP) is 4.13. The summed E-state index contributed by atoms with van der Waals surface area (Å²) in [4.78, 5) is 24.4. The molecule has 0 aliphatic heterocycles. The molecule has 0 saturated carbocycles. The largest absolute Gasteiger partial charge is 0.351 e. The number of nitrogens with one attached hydrogen (secondary N) is 2. The van der Waals surface area contributed by atoms with Crippen molar-refractivity contribution >= 4 is 29.0 Å². The highest BCUT2D eigenvalue weighted by Gasteiger charge is 2.21. The first-order valence-electron chi connectivity index (χ1n) is 9.21. The molecule has 3 rings (SSSR count). The summed E-state index contributed by atoms with van der Waals surface area (Å²) in [5, 5.41) is 13.7. The van der Waals surface area contributed by atoms with Crippen LogP contribution in [0.2, 0.25) is 0 Å². The zero-order valence-corrected chi connectivity index (χ0v) is 17.3. The third-order valence-electron chi connectivity index (χ3n) is 4.24. The van der Waals surface area contributed by atoms with Gasteiger partial charge < -0.3 is 10.6 Å². The van der Waals surface area contributed by atoms with Gasteiger partial charge in [0.15, 0.2) is 0 Å². The van der Waals surface area contributed by atoms with Gasteiger partial charge in [-0.3, -0.25) is 9.59 Å². The lowest BCUT2D eigenvalue weighted by molar-refractivity contribution is -0.116. The van der Waals surface area contributed by atoms with Crippen LogP contribution in [0.25, 0.3) is 5.69 Å². The Hall–Kier alpha value is -3.00. The quantitative estimate of drug-likeness (QED) is 0.637. The van der Waals surface area contributed by atoms with Crippen molar-refractivity contribution in [2.45, 2.75) is 32.6 Å². The van der Waals surface area contributed by atoms with Crippen LogP contribution in [-0.4, -0.2) is 28.1 Å². The van der Waals surface area contributed by atoms with Crippen molar-refractivity contribution in [1.29, 1.82) is 0 Å². The van der Waals surface area contributed by atoms with E-state index in [2.05, 4.69) is 15.7 Å². The van der Waals surface area contributed by atoms with E-state index in [-0.39, 0.29) is 36.0 Å². The van der Waals surface area contributed by atoms with E-state index in [0.29, 0.717) is 17.1 Å². The number of nitrogens with zero attached hydrogens (tertiary/aromatic N) is 2. The minimum Gasteiger partial charge on any atom is -0.351 e. The lowest BCUT2D eigenvalue weighted by Crippen LogP contribution is -2.27. The summed E-state index contributed by atoms with van der Waals surface area (Å²) in [6.07, 6.45) is 0.120. The Kier molecular flexibility index (Phi) is 6.12. The first kappa shape index (κ1) is 20.7. The van der Waals surface area contributed by atoms with Gasteiger partial charge in [-0.15, -0.1) is 0 Å². The van der Waals surface area contributed by atoms with Gasteiger partial charge in [0.1, 0.15) is 11.6 Å². The van der Waals surface area contributed by atoms with Gasteiger partial charge in [-0.25, -0.2) is 9.07 Å². The normalized spacial score (nSPS) is 11.3. The molecule has 0 spiro atoms. The number of carbonyl (C=O) groups excluding carboxylic acids is 2. The van der Waals surface area contributed by atoms with Gasteiger partial charge in [-0.1, -0.05) is 20.8 Å². The molecule has 29 heavy (non-hydrogen) atoms. The van der Waals surface area contributed by atoms with Crippen molar-refractivity contribution in [3.05, 3.63) is 64.2 Å². The molecule has 2 heterocycles. The Labute approximate surface area is 172 Å². The molecule has 2 amide bonds. The van der Waals surface area contributed by atoms with Gasteiger partial charge >= 0.3 is 0 Å². The van der Waals surface area contributed by atoms with Gasteiger partial charge in [-0.05, 0) is 35.7 Å². The standard InChI is InChI=1S/C21H23FN4O2S/c1-21(2,3)17-12-18(26(25-17)16-6-4-15(22)5-7-16)24-19(27)8-10-23-20(28)14-9-11-29-13-14/h4-7,9,11-13H,8,10H2,1-3H3,(H,23,28)(H,24,27). The molecule has 0 aliphatic rings. The number of benzene rings is 1. The summed E-state index contributed by atoms with van der Waals surface area (Å²) < 4.78 is 14.9. The Morgan fingerprint density at radius 3 is 2.52 bits per heavy atom. The summed E-state index contributed by atoms with van der Waals surface area (Å²) >= 11 is 1.44. The minimum atomic E-state index is -0.344. The van der Waals surface area contributed by atoms with Crippen molar-refractivity contribution in [1.82, 2.24) is 15.1 Å². The third kappa shape index (κ3) is 5.29. The van der Waals surface area contributed by atoms with Crippen LogP contribution in [0.4, 0.5) is 10.2 Å². The second-order valence-corrected chi connectivity index (χ2v) is 8.40. The van der Waals surface area contributed by atoms with Crippen molar-refractivity contribution in [3.8, 4) is 5.69 Å². The number of rotatable bonds is 6. The number of anilines is 1. The molecule has 3 aromatic rings. The molecule has 6 nitrogen and oxygen atoms in total. The first-order valence-corrected chi connectivity index (χ1v) is 10.1. The second-order valence-electron chi connectivity index (χ2n) is 7.62. The molecule has 0 atom stereocenters. The van der Waals surface area contributed by atoms with Gasteiger partial charge in [0, 0.05) is 35.4 Å². The van der Waals surface area contributed by atoms with Gasteiger partial charge in [0.05, 0.1) is 11.4 Å². The monoisotopic (exact) mass is 414 g/mol. The van der Waals surface area contributed by atoms with Crippen molar-refractivity contribution in [3.63, 3.8) is 0 Å². The van der Waals surface area contributed by atoms with E-state index >= 15 is 0 Å². The number of aromatic nitrogens is 2. The zero-order valence-electron chi connectivity index (χ0n) is 16.5. The highest BCUT2D eigenvalue weighted by Crippen LogP contribution is 2.26. The van der Waals surface area contributed by atoms with Crippen molar-refractivity contribution < 1.29 is 14.0 Å². The molecule has 0 unspecified atom stereocenters. The fraction of sp³-hybridized carbons (Fsp3) is 0.286. The lowest BCUT2D eigenvalue weighted by atomic mass is 9.92. The van der Waals surface area contributed by atoms with Crippen LogP contribution in [0.1, 0.15) is 43.2 Å². The molecule has 8 heteroatoms. The number of carbonyl (C=O) groups is 2. The van der Waals surface area contributed by atoms with E-state index in [1.807, 2.05) is 32.2 Å². The molecular weight excluding hydrogens is 391 g/mol. The Morgan fingerprint density at radius 1 is 1.17 bits per heavy atom. The Balaban J connectivity index is 1.70. The first-order chi connectivity index (χ1) is 13.7. The van der Waals surface area contributed by atoms with Crippen LogP contribution >= 0.6 is 11.3 Å². The predicted molar refractivity (Wildman–Crippen MR) is 112 cm³/mol. The molecule has 0 aliphatic carbocycles. The van der Waals surface area contributed by atoms with E-state index in [1.54, 1.807) is 28.3 Å². The molecule has 2 N–H and O–H groups in total. The van der Waals surface area contributed by atoms with Crippen molar-refractivity contribution in [2.24, 2.45) is 0 Å². The molecular formula is C21H23FN4O2S. The van der Waals surface area contributed by atoms with Crippen molar-refractivity contribution in [2.75, 3.05) is 11.9 Å². The van der Waals surface area contributed by atoms with Gasteiger partial charge in [0.25, 0.3) is 5.91 Å². The van der Waals surface area contributed by atoms with E-state index in [1.165, 1.54) is 23.5 Å². The van der Waals surface area contributed by atoms with Gasteiger partial charge in [-0.2, -0.15) is 16.4 Å². The summed E-state index contributed by atoms with van der Waals surface area (Å²) in [7, 11) is 0. The number of halogens is 1. The maximum atomic E-state index is 13.3. The van der Waals surface area contributed by atoms with E-state index in [0.717, 1.165) is 5.69 Å². The van der Waals surface area contributed by atoms with Crippen LogP contribution in [-0.2, 0) is 10.2 Å². The minimum absolute atomic E-state index is 0.120. The van der Waals surface area contributed by atoms with E-state index < -0.39 is 0 Å². The summed E-state index contributed by atoms with van der Waals surface area (Å²) in [5.74, 6) is -0.302. The fourth-order valence-electron chi connectivity index (χ4n) is 2.61. The lowest BCUT2D eigenvalue weighted by Gasteiger charge is -2.14. The average molecular weight is 415 g/mol. The smallest absolute Gasteiger partial charge is 0.252 e. The molecule has 0 saturated heterocycles.